The predicted molar refractivity (Wildman–Crippen MR) is 98.7 cm³/mol. The highest BCUT2D eigenvalue weighted by Gasteiger charge is 2.18. The van der Waals surface area contributed by atoms with Gasteiger partial charge in [-0.3, -0.25) is 0 Å². The number of ether oxygens (including phenoxy) is 1. The highest BCUT2D eigenvalue weighted by molar-refractivity contribution is 14.0. The molecule has 1 aromatic carbocycles. The third-order valence-corrected chi connectivity index (χ3v) is 3.89. The molecule has 0 spiro atoms. The van der Waals surface area contributed by atoms with Gasteiger partial charge >= 0.3 is 0 Å². The van der Waals surface area contributed by atoms with E-state index < -0.39 is 0 Å². The Morgan fingerprint density at radius 3 is 2.91 bits per heavy atom. The van der Waals surface area contributed by atoms with Crippen molar-refractivity contribution in [3.05, 3.63) is 35.6 Å². The van der Waals surface area contributed by atoms with Gasteiger partial charge in [-0.2, -0.15) is 0 Å². The van der Waals surface area contributed by atoms with Gasteiger partial charge in [0.05, 0.1) is 12.7 Å². The summed E-state index contributed by atoms with van der Waals surface area (Å²) in [6.07, 6.45) is 0.195. The van der Waals surface area contributed by atoms with E-state index in [-0.39, 0.29) is 30.1 Å². The molecule has 0 aliphatic carbocycles. The van der Waals surface area contributed by atoms with Crippen molar-refractivity contribution in [3.8, 4) is 0 Å². The SMILES string of the molecule is Cc1c(CN=C(N)N2CCOC(C)C2)oc2ccccc12.I. The highest BCUT2D eigenvalue weighted by atomic mass is 127. The maximum Gasteiger partial charge on any atom is 0.191 e. The molecule has 0 radical (unpaired) electrons. The summed E-state index contributed by atoms with van der Waals surface area (Å²) in [5.41, 5.74) is 8.12. The number of nitrogens with zero attached hydrogens (tertiary/aromatic N) is 2. The van der Waals surface area contributed by atoms with Gasteiger partial charge in [-0.05, 0) is 19.9 Å². The van der Waals surface area contributed by atoms with Crippen LogP contribution in [0.3, 0.4) is 0 Å². The van der Waals surface area contributed by atoms with Gasteiger partial charge in [-0.1, -0.05) is 18.2 Å². The van der Waals surface area contributed by atoms with Crippen LogP contribution in [-0.2, 0) is 11.3 Å². The lowest BCUT2D eigenvalue weighted by Gasteiger charge is -2.31. The Hall–Kier alpha value is -1.28. The summed E-state index contributed by atoms with van der Waals surface area (Å²) in [7, 11) is 0. The van der Waals surface area contributed by atoms with Crippen molar-refractivity contribution in [1.82, 2.24) is 4.90 Å². The zero-order valence-electron chi connectivity index (χ0n) is 12.9. The first-order chi connectivity index (χ1) is 10.1. The molecule has 1 fully saturated rings. The average Bonchev–Trinajstić information content (AvgIpc) is 2.82. The average molecular weight is 415 g/mol. The van der Waals surface area contributed by atoms with Gasteiger partial charge in [0, 0.05) is 24.0 Å². The van der Waals surface area contributed by atoms with Crippen LogP contribution in [0.15, 0.2) is 33.7 Å². The first-order valence-electron chi connectivity index (χ1n) is 7.28. The Kier molecular flexibility index (Phi) is 5.69. The molecule has 1 aliphatic rings. The molecule has 1 saturated heterocycles. The van der Waals surface area contributed by atoms with Crippen LogP contribution in [0.4, 0.5) is 0 Å². The monoisotopic (exact) mass is 415 g/mol. The van der Waals surface area contributed by atoms with Gasteiger partial charge < -0.3 is 19.8 Å². The molecule has 0 amide bonds. The molecule has 1 aromatic heterocycles. The molecular formula is C16H22IN3O2. The smallest absolute Gasteiger partial charge is 0.191 e. The number of fused-ring (bicyclic) bond motifs is 1. The van der Waals surface area contributed by atoms with Crippen molar-refractivity contribution < 1.29 is 9.15 Å². The Labute approximate surface area is 147 Å². The topological polar surface area (TPSA) is 64.0 Å². The summed E-state index contributed by atoms with van der Waals surface area (Å²) in [5, 5.41) is 1.14. The number of aliphatic imine (C=N–C) groups is 1. The van der Waals surface area contributed by atoms with E-state index in [1.54, 1.807) is 0 Å². The second-order valence-electron chi connectivity index (χ2n) is 5.45. The van der Waals surface area contributed by atoms with Gasteiger partial charge in [-0.15, -0.1) is 24.0 Å². The first-order valence-corrected chi connectivity index (χ1v) is 7.28. The number of hydrogen-bond donors (Lipinski definition) is 1. The van der Waals surface area contributed by atoms with Crippen molar-refractivity contribution >= 4 is 40.9 Å². The number of benzene rings is 1. The van der Waals surface area contributed by atoms with Crippen LogP contribution in [-0.4, -0.2) is 36.7 Å². The van der Waals surface area contributed by atoms with E-state index in [0.29, 0.717) is 19.1 Å². The van der Waals surface area contributed by atoms with Crippen LogP contribution in [0.5, 0.6) is 0 Å². The Bertz CT molecular complexity index is 668. The van der Waals surface area contributed by atoms with E-state index in [1.165, 1.54) is 0 Å². The number of para-hydroxylation sites is 1. The summed E-state index contributed by atoms with van der Waals surface area (Å²) >= 11 is 0. The molecule has 2 heterocycles. The molecule has 2 N–H and O–H groups in total. The zero-order chi connectivity index (χ0) is 14.8. The molecule has 2 aromatic rings. The molecule has 6 heteroatoms. The summed E-state index contributed by atoms with van der Waals surface area (Å²) in [6, 6.07) is 8.03. The zero-order valence-corrected chi connectivity index (χ0v) is 15.2. The van der Waals surface area contributed by atoms with Gasteiger partial charge in [0.2, 0.25) is 0 Å². The van der Waals surface area contributed by atoms with Crippen LogP contribution in [0.2, 0.25) is 0 Å². The van der Waals surface area contributed by atoms with E-state index in [0.717, 1.165) is 35.4 Å². The molecule has 0 bridgehead atoms. The third kappa shape index (κ3) is 3.55. The standard InChI is InChI=1S/C16H21N3O2.HI/c1-11-10-19(7-8-20-11)16(17)18-9-15-12(2)13-5-3-4-6-14(13)21-15;/h3-6,11H,7-10H2,1-2H3,(H2,17,18);1H. The van der Waals surface area contributed by atoms with Crippen molar-refractivity contribution in [2.24, 2.45) is 10.7 Å². The van der Waals surface area contributed by atoms with Gasteiger partial charge in [0.25, 0.3) is 0 Å². The number of aryl methyl sites for hydroxylation is 1. The summed E-state index contributed by atoms with van der Waals surface area (Å²) in [5.74, 6) is 1.44. The number of hydrogen-bond acceptors (Lipinski definition) is 3. The molecule has 1 atom stereocenters. The fourth-order valence-corrected chi connectivity index (χ4v) is 2.66. The van der Waals surface area contributed by atoms with E-state index in [1.807, 2.05) is 25.1 Å². The van der Waals surface area contributed by atoms with Crippen LogP contribution >= 0.6 is 24.0 Å². The first kappa shape index (κ1) is 17.1. The number of furan rings is 1. The molecule has 120 valence electrons. The van der Waals surface area contributed by atoms with Crippen LogP contribution < -0.4 is 5.73 Å². The lowest BCUT2D eigenvalue weighted by atomic mass is 10.1. The molecular weight excluding hydrogens is 393 g/mol. The lowest BCUT2D eigenvalue weighted by molar-refractivity contribution is 0.00528. The minimum absolute atomic E-state index is 0. The maximum atomic E-state index is 6.08. The van der Waals surface area contributed by atoms with Crippen molar-refractivity contribution in [3.63, 3.8) is 0 Å². The minimum Gasteiger partial charge on any atom is -0.459 e. The minimum atomic E-state index is 0. The lowest BCUT2D eigenvalue weighted by Crippen LogP contribution is -2.47. The molecule has 0 saturated carbocycles. The maximum absolute atomic E-state index is 6.08. The molecule has 3 rings (SSSR count). The largest absolute Gasteiger partial charge is 0.459 e. The van der Waals surface area contributed by atoms with Crippen LogP contribution in [0.1, 0.15) is 18.2 Å². The summed E-state index contributed by atoms with van der Waals surface area (Å²) in [4.78, 5) is 6.54. The van der Waals surface area contributed by atoms with E-state index in [4.69, 9.17) is 14.9 Å². The Balaban J connectivity index is 0.00000176. The number of nitrogens with two attached hydrogens (primary N) is 1. The van der Waals surface area contributed by atoms with Crippen LogP contribution in [0, 0.1) is 6.92 Å². The molecule has 22 heavy (non-hydrogen) atoms. The fraction of sp³-hybridized carbons (Fsp3) is 0.438. The number of rotatable bonds is 2. The quantitative estimate of drug-likeness (QED) is 0.466. The van der Waals surface area contributed by atoms with Gasteiger partial charge in [0.15, 0.2) is 5.96 Å². The molecule has 1 aliphatic heterocycles. The molecule has 1 unspecified atom stereocenters. The van der Waals surface area contributed by atoms with Crippen molar-refractivity contribution in [2.45, 2.75) is 26.5 Å². The normalized spacial score (nSPS) is 19.3. The fourth-order valence-electron chi connectivity index (χ4n) is 2.66. The van der Waals surface area contributed by atoms with E-state index in [9.17, 15) is 0 Å². The number of halogens is 1. The second kappa shape index (κ2) is 7.32. The van der Waals surface area contributed by atoms with Crippen molar-refractivity contribution in [2.75, 3.05) is 19.7 Å². The number of morpholine rings is 1. The second-order valence-corrected chi connectivity index (χ2v) is 5.45. The van der Waals surface area contributed by atoms with Crippen molar-refractivity contribution in [1.29, 1.82) is 0 Å². The van der Waals surface area contributed by atoms with Crippen LogP contribution in [0.25, 0.3) is 11.0 Å². The summed E-state index contributed by atoms with van der Waals surface area (Å²) < 4.78 is 11.4. The number of guanidine groups is 1. The Morgan fingerprint density at radius 2 is 2.18 bits per heavy atom. The van der Waals surface area contributed by atoms with E-state index >= 15 is 0 Å². The van der Waals surface area contributed by atoms with Gasteiger partial charge in [-0.25, -0.2) is 4.99 Å². The third-order valence-electron chi connectivity index (χ3n) is 3.89. The summed E-state index contributed by atoms with van der Waals surface area (Å²) in [6.45, 7) is 6.85. The van der Waals surface area contributed by atoms with Gasteiger partial charge in [0.1, 0.15) is 17.9 Å². The van der Waals surface area contributed by atoms with E-state index in [2.05, 4.69) is 22.9 Å². The molecule has 5 nitrogen and oxygen atoms in total. The highest BCUT2D eigenvalue weighted by Crippen LogP contribution is 2.25. The predicted octanol–water partition coefficient (Wildman–Crippen LogP) is 2.89. The Morgan fingerprint density at radius 1 is 1.41 bits per heavy atom.